The van der Waals surface area contributed by atoms with Gasteiger partial charge in [0, 0.05) is 11.6 Å². The van der Waals surface area contributed by atoms with Gasteiger partial charge < -0.3 is 0 Å². The number of hydrogen-bond donors (Lipinski definition) is 0. The van der Waals surface area contributed by atoms with Crippen molar-refractivity contribution in [3.63, 3.8) is 0 Å². The van der Waals surface area contributed by atoms with Gasteiger partial charge in [0.1, 0.15) is 0 Å². The van der Waals surface area contributed by atoms with E-state index in [1.165, 1.54) is 10.9 Å². The fraction of sp³-hybridized carbons (Fsp3) is 0.308. The van der Waals surface area contributed by atoms with Crippen molar-refractivity contribution in [2.75, 3.05) is 0 Å². The fourth-order valence-electron chi connectivity index (χ4n) is 1.45. The number of rotatable bonds is 1. The Morgan fingerprint density at radius 2 is 1.87 bits per heavy atom. The minimum atomic E-state index is 0. The average Bonchev–Trinajstić information content (AvgIpc) is 2.17. The first kappa shape index (κ1) is 14.1. The van der Waals surface area contributed by atoms with Crippen molar-refractivity contribution in [2.24, 2.45) is 0 Å². The molecular weight excluding hydrogens is 201 g/mol. The Hall–Kier alpha value is -0.940. The number of nitrogens with zero attached hydrogens (tertiary/aromatic N) is 1. The number of aromatic nitrogens is 1. The molecule has 0 bridgehead atoms. The summed E-state index contributed by atoms with van der Waals surface area (Å²) < 4.78 is 0. The zero-order chi connectivity index (χ0) is 9.26. The van der Waals surface area contributed by atoms with Crippen LogP contribution in [0.15, 0.2) is 36.5 Å². The minimum absolute atomic E-state index is 0. The Morgan fingerprint density at radius 1 is 1.13 bits per heavy atom. The van der Waals surface area contributed by atoms with Gasteiger partial charge in [-0.15, -0.1) is 0 Å². The Balaban J connectivity index is 0.000000980. The molecule has 2 rings (SSSR count). The molecule has 0 amide bonds. The van der Waals surface area contributed by atoms with E-state index in [4.69, 9.17) is 0 Å². The van der Waals surface area contributed by atoms with Crippen molar-refractivity contribution >= 4 is 20.8 Å². The summed E-state index contributed by atoms with van der Waals surface area (Å²) in [5.74, 6) is 0.588. The molecule has 1 nitrogen and oxygen atoms in total. The molecule has 2 aromatic rings. The lowest BCUT2D eigenvalue weighted by atomic mass is 10.0. The molecule has 0 saturated carbocycles. The van der Waals surface area contributed by atoms with Crippen molar-refractivity contribution in [2.45, 2.75) is 27.2 Å². The smallest absolute Gasteiger partial charge is 0.0702 e. The van der Waals surface area contributed by atoms with Gasteiger partial charge in [-0.05, 0) is 29.7 Å². The van der Waals surface area contributed by atoms with Gasteiger partial charge >= 0.3 is 0 Å². The highest BCUT2D eigenvalue weighted by molar-refractivity contribution is 6.92. The van der Waals surface area contributed by atoms with E-state index in [2.05, 4.69) is 43.1 Å². The van der Waals surface area contributed by atoms with Crippen LogP contribution in [0.3, 0.4) is 0 Å². The molecule has 0 spiro atoms. The molecule has 82 valence electrons. The van der Waals surface area contributed by atoms with Crippen LogP contribution in [0.2, 0.25) is 0 Å². The lowest BCUT2D eigenvalue weighted by molar-refractivity contribution is 0.868. The number of pyridine rings is 1. The first-order valence-electron chi connectivity index (χ1n) is 4.62. The summed E-state index contributed by atoms with van der Waals surface area (Å²) in [5.41, 5.74) is 2.45. The molecule has 0 aliphatic rings. The summed E-state index contributed by atoms with van der Waals surface area (Å²) in [6, 6.07) is 10.5. The Morgan fingerprint density at radius 3 is 2.53 bits per heavy atom. The molecule has 0 N–H and O–H groups in total. The molecule has 2 heteroatoms. The summed E-state index contributed by atoms with van der Waals surface area (Å²) in [4.78, 5) is 4.28. The van der Waals surface area contributed by atoms with Gasteiger partial charge in [-0.3, -0.25) is 4.98 Å². The number of fused-ring (bicyclic) bond motifs is 1. The molecule has 1 heterocycles. The van der Waals surface area contributed by atoms with Crippen LogP contribution in [-0.4, -0.2) is 4.98 Å². The van der Waals surface area contributed by atoms with Crippen LogP contribution in [0.25, 0.3) is 10.9 Å². The van der Waals surface area contributed by atoms with Crippen LogP contribution < -0.4 is 0 Å². The first-order valence-corrected chi connectivity index (χ1v) is 4.62. The largest absolute Gasteiger partial charge is 0.256 e. The van der Waals surface area contributed by atoms with E-state index in [0.717, 1.165) is 5.52 Å². The molecule has 1 aromatic carbocycles. The van der Waals surface area contributed by atoms with Crippen LogP contribution >= 0.6 is 9.90 Å². The van der Waals surface area contributed by atoms with E-state index in [0.29, 0.717) is 5.92 Å². The van der Waals surface area contributed by atoms with E-state index < -0.39 is 0 Å². The second-order valence-electron chi connectivity index (χ2n) is 3.61. The lowest BCUT2D eigenvalue weighted by Crippen LogP contribution is -1.87. The standard InChI is InChI=1S/C12H13N.CH4.H3P/c1-9(2)10-5-6-12-11(8-10)4-3-7-13-12;;/h3-9H,1-2H3;1H4;1H3. The van der Waals surface area contributed by atoms with Gasteiger partial charge in [0.15, 0.2) is 0 Å². The summed E-state index contributed by atoms with van der Waals surface area (Å²) in [6.07, 6.45) is 1.83. The van der Waals surface area contributed by atoms with Gasteiger partial charge in [0.25, 0.3) is 0 Å². The van der Waals surface area contributed by atoms with E-state index in [1.807, 2.05) is 12.3 Å². The second-order valence-corrected chi connectivity index (χ2v) is 3.61. The summed E-state index contributed by atoms with van der Waals surface area (Å²) in [7, 11) is 0. The maximum absolute atomic E-state index is 4.28. The normalized spacial score (nSPS) is 9.53. The number of hydrogen-bond acceptors (Lipinski definition) is 1. The maximum Gasteiger partial charge on any atom is 0.0702 e. The predicted molar refractivity (Wildman–Crippen MR) is 73.7 cm³/mol. The summed E-state index contributed by atoms with van der Waals surface area (Å²) >= 11 is 0. The molecule has 1 atom stereocenters. The Bertz CT molecular complexity index is 424. The minimum Gasteiger partial charge on any atom is -0.256 e. The van der Waals surface area contributed by atoms with Gasteiger partial charge in [0.05, 0.1) is 5.52 Å². The third-order valence-electron chi connectivity index (χ3n) is 2.29. The number of benzene rings is 1. The molecule has 0 aliphatic heterocycles. The molecule has 0 radical (unpaired) electrons. The monoisotopic (exact) mass is 221 g/mol. The molecule has 1 aromatic heterocycles. The zero-order valence-corrected chi connectivity index (χ0v) is 10.1. The van der Waals surface area contributed by atoms with Crippen molar-refractivity contribution in [3.05, 3.63) is 42.1 Å². The van der Waals surface area contributed by atoms with E-state index in [9.17, 15) is 0 Å². The van der Waals surface area contributed by atoms with Crippen molar-refractivity contribution in [1.82, 2.24) is 4.98 Å². The predicted octanol–water partition coefficient (Wildman–Crippen LogP) is 4.05. The van der Waals surface area contributed by atoms with Crippen LogP contribution in [0.4, 0.5) is 0 Å². The van der Waals surface area contributed by atoms with Crippen molar-refractivity contribution in [1.29, 1.82) is 0 Å². The van der Waals surface area contributed by atoms with Gasteiger partial charge in [0.2, 0.25) is 0 Å². The molecule has 1 unspecified atom stereocenters. The summed E-state index contributed by atoms with van der Waals surface area (Å²) in [6.45, 7) is 4.41. The average molecular weight is 221 g/mol. The van der Waals surface area contributed by atoms with Gasteiger partial charge in [-0.25, -0.2) is 0 Å². The fourth-order valence-corrected chi connectivity index (χ4v) is 1.45. The van der Waals surface area contributed by atoms with Gasteiger partial charge in [-0.2, -0.15) is 9.90 Å². The van der Waals surface area contributed by atoms with Crippen LogP contribution in [0.1, 0.15) is 32.8 Å². The zero-order valence-electron chi connectivity index (χ0n) is 8.70. The van der Waals surface area contributed by atoms with E-state index >= 15 is 0 Å². The maximum atomic E-state index is 4.28. The van der Waals surface area contributed by atoms with E-state index in [1.54, 1.807) is 0 Å². The molecular formula is C13H20NP. The second kappa shape index (κ2) is 5.82. The van der Waals surface area contributed by atoms with Crippen LogP contribution in [0.5, 0.6) is 0 Å². The molecule has 15 heavy (non-hydrogen) atoms. The first-order chi connectivity index (χ1) is 6.27. The molecule has 0 fully saturated rings. The van der Waals surface area contributed by atoms with E-state index in [-0.39, 0.29) is 17.3 Å². The quantitative estimate of drug-likeness (QED) is 0.662. The Kier molecular flexibility index (Phi) is 5.46. The third kappa shape index (κ3) is 3.00. The van der Waals surface area contributed by atoms with Crippen molar-refractivity contribution in [3.8, 4) is 0 Å². The van der Waals surface area contributed by atoms with Crippen LogP contribution in [-0.2, 0) is 0 Å². The lowest BCUT2D eigenvalue weighted by Gasteiger charge is -2.05. The highest BCUT2D eigenvalue weighted by Gasteiger charge is 1.99. The van der Waals surface area contributed by atoms with Crippen LogP contribution in [0, 0.1) is 0 Å². The third-order valence-corrected chi connectivity index (χ3v) is 2.29. The highest BCUT2D eigenvalue weighted by Crippen LogP contribution is 2.19. The summed E-state index contributed by atoms with van der Waals surface area (Å²) in [5, 5.41) is 1.23. The SMILES string of the molecule is C.CC(C)c1ccc2ncccc2c1.P. The van der Waals surface area contributed by atoms with Gasteiger partial charge in [-0.1, -0.05) is 33.4 Å². The molecule has 0 aliphatic carbocycles. The molecule has 0 saturated heterocycles. The topological polar surface area (TPSA) is 12.9 Å². The van der Waals surface area contributed by atoms with Crippen molar-refractivity contribution < 1.29 is 0 Å². The highest BCUT2D eigenvalue weighted by atomic mass is 31.0. The Labute approximate surface area is 95.5 Å².